The summed E-state index contributed by atoms with van der Waals surface area (Å²) < 4.78 is 83.9. The maximum Gasteiger partial charge on any atom is 0.573 e. The van der Waals surface area contributed by atoms with Crippen molar-refractivity contribution in [1.29, 1.82) is 0 Å². The Bertz CT molecular complexity index is 754. The molecular formula is C14H6F6O4. The highest BCUT2D eigenvalue weighted by molar-refractivity contribution is 5.95. The Morgan fingerprint density at radius 1 is 1.25 bits per heavy atom. The molecule has 0 radical (unpaired) electrons. The quantitative estimate of drug-likeness (QED) is 0.655. The summed E-state index contributed by atoms with van der Waals surface area (Å²) in [5, 5.41) is 8.88. The van der Waals surface area contributed by atoms with Crippen LogP contribution in [0.5, 0.6) is 11.5 Å². The van der Waals surface area contributed by atoms with Crippen molar-refractivity contribution in [2.24, 2.45) is 0 Å². The lowest BCUT2D eigenvalue weighted by atomic mass is 9.98. The van der Waals surface area contributed by atoms with Gasteiger partial charge < -0.3 is 14.6 Å². The molecule has 1 aromatic rings. The summed E-state index contributed by atoms with van der Waals surface area (Å²) in [5.74, 6) is -1.43. The summed E-state index contributed by atoms with van der Waals surface area (Å²) in [6.45, 7) is 0. The van der Waals surface area contributed by atoms with Crippen LogP contribution < -0.4 is 9.47 Å². The fraction of sp³-hybridized carbons (Fsp3) is 0.214. The molecule has 0 saturated carbocycles. The van der Waals surface area contributed by atoms with Gasteiger partial charge >= 0.3 is 18.5 Å². The number of terminal acetylenes is 1. The van der Waals surface area contributed by atoms with Gasteiger partial charge in [-0.3, -0.25) is 0 Å². The Morgan fingerprint density at radius 2 is 1.88 bits per heavy atom. The zero-order chi connectivity index (χ0) is 18.3. The number of hydrogen-bond donors (Lipinski definition) is 1. The number of benzene rings is 1. The molecule has 1 aliphatic heterocycles. The SMILES string of the molecule is C#Cc1cc(OC(F)(F)F)cc2c1OC(C(F)(F)F)C(C(=O)O)=C2. The standard InChI is InChI=1S/C14H6F6O4/c1-2-6-3-8(24-14(18,19)20)4-7-5-9(12(21)22)11(13(15,16)17)23-10(6)7/h1,3-5,11H,(H,21,22). The first-order chi connectivity index (χ1) is 10.9. The van der Waals surface area contributed by atoms with Crippen molar-refractivity contribution in [3.05, 3.63) is 28.8 Å². The molecule has 1 aliphatic rings. The van der Waals surface area contributed by atoms with Gasteiger partial charge in [-0.25, -0.2) is 4.79 Å². The molecule has 1 N–H and O–H groups in total. The lowest BCUT2D eigenvalue weighted by Crippen LogP contribution is -2.40. The van der Waals surface area contributed by atoms with Gasteiger partial charge in [0, 0.05) is 5.56 Å². The predicted octanol–water partition coefficient (Wildman–Crippen LogP) is 3.36. The first-order valence-corrected chi connectivity index (χ1v) is 6.01. The summed E-state index contributed by atoms with van der Waals surface area (Å²) in [7, 11) is 0. The first-order valence-electron chi connectivity index (χ1n) is 6.01. The summed E-state index contributed by atoms with van der Waals surface area (Å²) in [5.41, 5.74) is -2.01. The highest BCUT2D eigenvalue weighted by Gasteiger charge is 2.49. The maximum absolute atomic E-state index is 12.9. The molecule has 0 amide bonds. The van der Waals surface area contributed by atoms with Crippen molar-refractivity contribution in [2.75, 3.05) is 0 Å². The van der Waals surface area contributed by atoms with E-state index in [2.05, 4.69) is 9.47 Å². The average molecular weight is 352 g/mol. The van der Waals surface area contributed by atoms with E-state index in [1.54, 1.807) is 0 Å². The molecule has 0 fully saturated rings. The highest BCUT2D eigenvalue weighted by atomic mass is 19.4. The zero-order valence-corrected chi connectivity index (χ0v) is 11.3. The van der Waals surface area contributed by atoms with E-state index in [1.165, 1.54) is 0 Å². The number of alkyl halides is 6. The normalized spacial score (nSPS) is 17.2. The van der Waals surface area contributed by atoms with E-state index < -0.39 is 47.2 Å². The van der Waals surface area contributed by atoms with Gasteiger partial charge in [0.25, 0.3) is 0 Å². The Morgan fingerprint density at radius 3 is 2.33 bits per heavy atom. The van der Waals surface area contributed by atoms with Gasteiger partial charge in [0.15, 0.2) is 0 Å². The predicted molar refractivity (Wildman–Crippen MR) is 67.1 cm³/mol. The molecule has 0 aliphatic carbocycles. The fourth-order valence-electron chi connectivity index (χ4n) is 2.00. The molecular weight excluding hydrogens is 346 g/mol. The van der Waals surface area contributed by atoms with E-state index in [0.29, 0.717) is 18.2 Å². The topological polar surface area (TPSA) is 55.8 Å². The van der Waals surface area contributed by atoms with Crippen molar-refractivity contribution in [1.82, 2.24) is 0 Å². The monoisotopic (exact) mass is 352 g/mol. The lowest BCUT2D eigenvalue weighted by molar-refractivity contribution is -0.274. The molecule has 1 atom stereocenters. The number of ether oxygens (including phenoxy) is 2. The lowest BCUT2D eigenvalue weighted by Gasteiger charge is -2.28. The first kappa shape index (κ1) is 17.5. The molecule has 10 heteroatoms. The molecule has 4 nitrogen and oxygen atoms in total. The minimum absolute atomic E-state index is 0.373. The second-order valence-electron chi connectivity index (χ2n) is 4.53. The van der Waals surface area contributed by atoms with E-state index in [0.717, 1.165) is 0 Å². The average Bonchev–Trinajstić information content (AvgIpc) is 2.42. The van der Waals surface area contributed by atoms with Crippen molar-refractivity contribution in [3.8, 4) is 23.8 Å². The van der Waals surface area contributed by atoms with Gasteiger partial charge in [-0.2, -0.15) is 13.2 Å². The number of carbonyl (C=O) groups is 1. The van der Waals surface area contributed by atoms with Crippen LogP contribution in [0.3, 0.4) is 0 Å². The van der Waals surface area contributed by atoms with Crippen LogP contribution in [0.15, 0.2) is 17.7 Å². The van der Waals surface area contributed by atoms with Crippen molar-refractivity contribution >= 4 is 12.0 Å². The number of hydrogen-bond acceptors (Lipinski definition) is 3. The molecule has 1 heterocycles. The number of carboxylic acid groups (broad SMARTS) is 1. The molecule has 0 saturated heterocycles. The third-order valence-corrected chi connectivity index (χ3v) is 2.85. The highest BCUT2D eigenvalue weighted by Crippen LogP contribution is 2.41. The molecule has 24 heavy (non-hydrogen) atoms. The van der Waals surface area contributed by atoms with Gasteiger partial charge in [0.1, 0.15) is 11.5 Å². The third-order valence-electron chi connectivity index (χ3n) is 2.85. The van der Waals surface area contributed by atoms with Crippen LogP contribution in [0.25, 0.3) is 6.08 Å². The molecule has 0 aromatic heterocycles. The molecule has 128 valence electrons. The number of rotatable bonds is 2. The van der Waals surface area contributed by atoms with Gasteiger partial charge in [-0.15, -0.1) is 19.6 Å². The summed E-state index contributed by atoms with van der Waals surface area (Å²) >= 11 is 0. The number of halogens is 6. The Kier molecular flexibility index (Phi) is 4.14. The van der Waals surface area contributed by atoms with E-state index in [4.69, 9.17) is 11.5 Å². The summed E-state index contributed by atoms with van der Waals surface area (Å²) in [6.07, 6.45) is -7.31. The van der Waals surface area contributed by atoms with Crippen LogP contribution in [0, 0.1) is 12.3 Å². The fourth-order valence-corrected chi connectivity index (χ4v) is 2.00. The molecule has 1 unspecified atom stereocenters. The van der Waals surface area contributed by atoms with Crippen LogP contribution in [0.2, 0.25) is 0 Å². The summed E-state index contributed by atoms with van der Waals surface area (Å²) in [4.78, 5) is 11.0. The van der Waals surface area contributed by atoms with Crippen LogP contribution >= 0.6 is 0 Å². The van der Waals surface area contributed by atoms with Crippen molar-refractivity contribution < 1.29 is 45.7 Å². The van der Waals surface area contributed by atoms with Gasteiger partial charge in [-0.1, -0.05) is 5.92 Å². The largest absolute Gasteiger partial charge is 0.573 e. The Labute approximate surface area is 130 Å². The van der Waals surface area contributed by atoms with Gasteiger partial charge in [-0.05, 0) is 18.2 Å². The van der Waals surface area contributed by atoms with Crippen LogP contribution in [-0.4, -0.2) is 29.7 Å². The minimum Gasteiger partial charge on any atom is -0.478 e. The second-order valence-corrected chi connectivity index (χ2v) is 4.53. The van der Waals surface area contributed by atoms with Crippen molar-refractivity contribution in [3.63, 3.8) is 0 Å². The smallest absolute Gasteiger partial charge is 0.478 e. The van der Waals surface area contributed by atoms with E-state index >= 15 is 0 Å². The van der Waals surface area contributed by atoms with Gasteiger partial charge in [0.05, 0.1) is 11.1 Å². The van der Waals surface area contributed by atoms with Crippen molar-refractivity contribution in [2.45, 2.75) is 18.6 Å². The van der Waals surface area contributed by atoms with Crippen LogP contribution in [-0.2, 0) is 4.79 Å². The summed E-state index contributed by atoms with van der Waals surface area (Å²) in [6, 6.07) is 1.35. The molecule has 0 spiro atoms. The maximum atomic E-state index is 12.9. The zero-order valence-electron chi connectivity index (χ0n) is 11.3. The molecule has 1 aromatic carbocycles. The second kappa shape index (κ2) is 5.67. The number of carboxylic acids is 1. The molecule has 2 rings (SSSR count). The van der Waals surface area contributed by atoms with Crippen LogP contribution in [0.4, 0.5) is 26.3 Å². The number of aliphatic carboxylic acids is 1. The Hall–Kier alpha value is -2.83. The molecule has 0 bridgehead atoms. The van der Waals surface area contributed by atoms with Crippen LogP contribution in [0.1, 0.15) is 11.1 Å². The van der Waals surface area contributed by atoms with E-state index in [-0.39, 0.29) is 5.56 Å². The Balaban J connectivity index is 2.61. The third kappa shape index (κ3) is 3.56. The van der Waals surface area contributed by atoms with Gasteiger partial charge in [0.2, 0.25) is 6.10 Å². The number of fused-ring (bicyclic) bond motifs is 1. The minimum atomic E-state index is -5.07. The van der Waals surface area contributed by atoms with E-state index in [9.17, 15) is 31.1 Å². The van der Waals surface area contributed by atoms with E-state index in [1.807, 2.05) is 5.92 Å².